The minimum atomic E-state index is 0.245. The molecule has 3 rings (SSSR count). The third-order valence-corrected chi connectivity index (χ3v) is 4.04. The van der Waals surface area contributed by atoms with E-state index in [0.717, 1.165) is 25.1 Å². The summed E-state index contributed by atoms with van der Waals surface area (Å²) in [6, 6.07) is 11.1. The van der Waals surface area contributed by atoms with Gasteiger partial charge in [-0.1, -0.05) is 12.1 Å². The van der Waals surface area contributed by atoms with Crippen molar-refractivity contribution < 1.29 is 14.2 Å². The van der Waals surface area contributed by atoms with Crippen molar-refractivity contribution in [2.24, 2.45) is 0 Å². The van der Waals surface area contributed by atoms with Crippen LogP contribution in [0.15, 0.2) is 42.6 Å². The molecule has 6 nitrogen and oxygen atoms in total. The lowest BCUT2D eigenvalue weighted by molar-refractivity contribution is 0.114. The zero-order valence-corrected chi connectivity index (χ0v) is 14.8. The number of anilines is 1. The maximum absolute atomic E-state index is 5.75. The molecule has 0 radical (unpaired) electrons. The Bertz CT molecular complexity index is 703. The van der Waals surface area contributed by atoms with Gasteiger partial charge >= 0.3 is 0 Å². The molecular weight excluding hydrogens is 338 g/mol. The summed E-state index contributed by atoms with van der Waals surface area (Å²) in [5.74, 6) is 1.76. The molecule has 7 heteroatoms. The number of nitrogens with zero attached hydrogens (tertiary/aromatic N) is 1. The number of hydrogen-bond acceptors (Lipinski definition) is 5. The lowest BCUT2D eigenvalue weighted by atomic mass is 10.2. The number of rotatable bonds is 6. The molecule has 2 N–H and O–H groups in total. The van der Waals surface area contributed by atoms with Crippen LogP contribution in [0, 0.1) is 0 Å². The molecule has 1 saturated heterocycles. The average molecular weight is 359 g/mol. The summed E-state index contributed by atoms with van der Waals surface area (Å²) >= 11 is 5.29. The number of benzene rings is 1. The van der Waals surface area contributed by atoms with Gasteiger partial charge in [0.15, 0.2) is 16.6 Å². The molecule has 1 atom stereocenters. The summed E-state index contributed by atoms with van der Waals surface area (Å²) in [5, 5.41) is 6.82. The molecule has 2 aromatic rings. The fraction of sp³-hybridized carbons (Fsp3) is 0.333. The number of methoxy groups -OCH3 is 1. The Morgan fingerprint density at radius 2 is 2.12 bits per heavy atom. The van der Waals surface area contributed by atoms with E-state index in [-0.39, 0.29) is 6.10 Å². The smallest absolute Gasteiger partial charge is 0.219 e. The Labute approximate surface area is 152 Å². The van der Waals surface area contributed by atoms with Crippen LogP contribution in [-0.4, -0.2) is 36.5 Å². The van der Waals surface area contributed by atoms with Crippen molar-refractivity contribution in [2.75, 3.05) is 25.6 Å². The number of thiocarbonyl (C=S) groups is 1. The molecular formula is C18H21N3O3S. The first kappa shape index (κ1) is 17.4. The van der Waals surface area contributed by atoms with Gasteiger partial charge in [-0.15, -0.1) is 0 Å². The number of nitrogens with one attached hydrogen (secondary N) is 2. The zero-order chi connectivity index (χ0) is 17.5. The Kier molecular flexibility index (Phi) is 6.03. The minimum Gasteiger partial charge on any atom is -0.493 e. The van der Waals surface area contributed by atoms with Crippen molar-refractivity contribution in [3.8, 4) is 17.4 Å². The van der Waals surface area contributed by atoms with Crippen molar-refractivity contribution in [1.82, 2.24) is 10.3 Å². The second-order valence-corrected chi connectivity index (χ2v) is 6.02. The van der Waals surface area contributed by atoms with Crippen LogP contribution in [0.25, 0.3) is 0 Å². The molecule has 132 valence electrons. The van der Waals surface area contributed by atoms with Crippen molar-refractivity contribution in [2.45, 2.75) is 18.9 Å². The third-order valence-electron chi connectivity index (χ3n) is 3.79. The van der Waals surface area contributed by atoms with Crippen LogP contribution in [0.3, 0.4) is 0 Å². The first-order chi connectivity index (χ1) is 12.2. The predicted molar refractivity (Wildman–Crippen MR) is 101 cm³/mol. The summed E-state index contributed by atoms with van der Waals surface area (Å²) < 4.78 is 16.6. The van der Waals surface area contributed by atoms with Gasteiger partial charge in [0.2, 0.25) is 5.88 Å². The third kappa shape index (κ3) is 5.04. The molecule has 0 saturated carbocycles. The highest BCUT2D eigenvalue weighted by molar-refractivity contribution is 7.80. The first-order valence-electron chi connectivity index (χ1n) is 8.18. The van der Waals surface area contributed by atoms with E-state index in [2.05, 4.69) is 15.6 Å². The monoisotopic (exact) mass is 359 g/mol. The maximum atomic E-state index is 5.75. The second kappa shape index (κ2) is 8.64. The highest BCUT2D eigenvalue weighted by atomic mass is 32.1. The molecule has 0 aliphatic carbocycles. The Morgan fingerprint density at radius 1 is 1.28 bits per heavy atom. The molecule has 1 aromatic heterocycles. The number of ether oxygens (including phenoxy) is 3. The van der Waals surface area contributed by atoms with Crippen LogP contribution in [0.2, 0.25) is 0 Å². The predicted octanol–water partition coefficient (Wildman–Crippen LogP) is 3.35. The molecule has 0 bridgehead atoms. The van der Waals surface area contributed by atoms with E-state index in [9.17, 15) is 0 Å². The van der Waals surface area contributed by atoms with E-state index in [0.29, 0.717) is 29.0 Å². The fourth-order valence-corrected chi connectivity index (χ4v) is 2.72. The lowest BCUT2D eigenvalue weighted by Crippen LogP contribution is -2.34. The molecule has 0 unspecified atom stereocenters. The highest BCUT2D eigenvalue weighted by Gasteiger charge is 2.15. The normalized spacial score (nSPS) is 16.3. The number of pyridine rings is 1. The van der Waals surface area contributed by atoms with E-state index in [4.69, 9.17) is 26.4 Å². The quantitative estimate of drug-likeness (QED) is 0.767. The standard InChI is InChI=1S/C18H21N3O3S/c1-22-15-6-2-3-7-16(15)24-17-9-8-13(11-19-17)21-18(25)20-12-14-5-4-10-23-14/h2-3,6-9,11,14H,4-5,10,12H2,1H3,(H2,20,21,25)/t14-/m0/s1. The summed E-state index contributed by atoms with van der Waals surface area (Å²) in [6.45, 7) is 1.55. The van der Waals surface area contributed by atoms with Crippen LogP contribution in [0.5, 0.6) is 17.4 Å². The Balaban J connectivity index is 1.52. The summed E-state index contributed by atoms with van der Waals surface area (Å²) in [7, 11) is 1.60. The van der Waals surface area contributed by atoms with E-state index in [1.54, 1.807) is 19.4 Å². The van der Waals surface area contributed by atoms with Gasteiger partial charge in [-0.3, -0.25) is 0 Å². The van der Waals surface area contributed by atoms with Gasteiger partial charge in [0.25, 0.3) is 0 Å². The van der Waals surface area contributed by atoms with Crippen molar-refractivity contribution >= 4 is 23.0 Å². The van der Waals surface area contributed by atoms with Gasteiger partial charge in [-0.05, 0) is 43.3 Å². The number of hydrogen-bond donors (Lipinski definition) is 2. The van der Waals surface area contributed by atoms with Gasteiger partial charge in [0.05, 0.1) is 25.1 Å². The van der Waals surface area contributed by atoms with Gasteiger partial charge in [0.1, 0.15) is 0 Å². The van der Waals surface area contributed by atoms with Crippen molar-refractivity contribution in [3.05, 3.63) is 42.6 Å². The van der Waals surface area contributed by atoms with E-state index in [1.807, 2.05) is 30.3 Å². The van der Waals surface area contributed by atoms with Crippen LogP contribution >= 0.6 is 12.2 Å². The lowest BCUT2D eigenvalue weighted by Gasteiger charge is -2.14. The molecule has 25 heavy (non-hydrogen) atoms. The van der Waals surface area contributed by atoms with E-state index in [1.165, 1.54) is 0 Å². The zero-order valence-electron chi connectivity index (χ0n) is 14.0. The van der Waals surface area contributed by atoms with Crippen LogP contribution < -0.4 is 20.1 Å². The Morgan fingerprint density at radius 3 is 2.80 bits per heavy atom. The van der Waals surface area contributed by atoms with Gasteiger partial charge in [0, 0.05) is 19.2 Å². The van der Waals surface area contributed by atoms with Crippen molar-refractivity contribution in [1.29, 1.82) is 0 Å². The van der Waals surface area contributed by atoms with E-state index < -0.39 is 0 Å². The summed E-state index contributed by atoms with van der Waals surface area (Å²) in [4.78, 5) is 4.29. The van der Waals surface area contributed by atoms with Crippen LogP contribution in [0.4, 0.5) is 5.69 Å². The molecule has 1 fully saturated rings. The highest BCUT2D eigenvalue weighted by Crippen LogP contribution is 2.30. The number of para-hydroxylation sites is 2. The molecule has 1 aliphatic heterocycles. The minimum absolute atomic E-state index is 0.245. The molecule has 0 amide bonds. The summed E-state index contributed by atoms with van der Waals surface area (Å²) in [6.07, 6.45) is 4.11. The largest absolute Gasteiger partial charge is 0.493 e. The van der Waals surface area contributed by atoms with Gasteiger partial charge in [-0.2, -0.15) is 0 Å². The molecule has 2 heterocycles. The molecule has 1 aliphatic rings. The number of aromatic nitrogens is 1. The fourth-order valence-electron chi connectivity index (χ4n) is 2.52. The summed E-state index contributed by atoms with van der Waals surface area (Å²) in [5.41, 5.74) is 0.789. The van der Waals surface area contributed by atoms with Crippen LogP contribution in [-0.2, 0) is 4.74 Å². The first-order valence-corrected chi connectivity index (χ1v) is 8.59. The maximum Gasteiger partial charge on any atom is 0.219 e. The average Bonchev–Trinajstić information content (AvgIpc) is 3.16. The van der Waals surface area contributed by atoms with Gasteiger partial charge < -0.3 is 24.8 Å². The van der Waals surface area contributed by atoms with Crippen molar-refractivity contribution in [3.63, 3.8) is 0 Å². The Hall–Kier alpha value is -2.38. The topological polar surface area (TPSA) is 64.6 Å². The van der Waals surface area contributed by atoms with E-state index >= 15 is 0 Å². The molecule has 1 aromatic carbocycles. The second-order valence-electron chi connectivity index (χ2n) is 5.61. The van der Waals surface area contributed by atoms with Gasteiger partial charge in [-0.25, -0.2) is 4.98 Å². The van der Waals surface area contributed by atoms with Crippen LogP contribution in [0.1, 0.15) is 12.8 Å². The SMILES string of the molecule is COc1ccccc1Oc1ccc(NC(=S)NC[C@@H]2CCCO2)cn1. The molecule has 0 spiro atoms.